The molecule has 1 unspecified atom stereocenters. The molecule has 1 aliphatic heterocycles. The molecule has 1 atom stereocenters. The topological polar surface area (TPSA) is 56.1 Å². The zero-order valence-corrected chi connectivity index (χ0v) is 13.9. The molecule has 0 fully saturated rings. The molecule has 1 amide bonds. The second kappa shape index (κ2) is 5.79. The quantitative estimate of drug-likeness (QED) is 0.804. The van der Waals surface area contributed by atoms with Gasteiger partial charge in [-0.1, -0.05) is 33.5 Å². The molecule has 1 heterocycles. The van der Waals surface area contributed by atoms with E-state index in [1.165, 1.54) is 0 Å². The first-order valence-corrected chi connectivity index (χ1v) is 10.3. The first kappa shape index (κ1) is 15.8. The average Bonchev–Trinajstić information content (AvgIpc) is 2.54. The minimum atomic E-state index is -1.53. The average molecular weight is 279 g/mol. The fraction of sp³-hybridized carbons (Fsp3) is 0.714. The van der Waals surface area contributed by atoms with Gasteiger partial charge in [-0.3, -0.25) is 4.79 Å². The molecule has 0 radical (unpaired) electrons. The molecule has 0 bridgehead atoms. The number of hydrogen-bond acceptors (Lipinski definition) is 3. The second-order valence-electron chi connectivity index (χ2n) is 6.67. The second-order valence-corrected chi connectivity index (χ2v) is 11.4. The molecule has 19 heavy (non-hydrogen) atoms. The summed E-state index contributed by atoms with van der Waals surface area (Å²) in [4.78, 5) is 17.2. The van der Waals surface area contributed by atoms with Crippen LogP contribution in [0.15, 0.2) is 11.3 Å². The van der Waals surface area contributed by atoms with Crippen LogP contribution in [-0.2, 0) is 4.79 Å². The van der Waals surface area contributed by atoms with E-state index in [4.69, 9.17) is 0 Å². The van der Waals surface area contributed by atoms with Gasteiger partial charge in [0.05, 0.1) is 24.2 Å². The van der Waals surface area contributed by atoms with Gasteiger partial charge < -0.3 is 9.88 Å². The highest BCUT2D eigenvalue weighted by Crippen LogP contribution is 2.28. The molecule has 1 aliphatic rings. The minimum Gasteiger partial charge on any atom is -0.412 e. The van der Waals surface area contributed by atoms with Crippen molar-refractivity contribution in [3.05, 3.63) is 11.3 Å². The van der Waals surface area contributed by atoms with Crippen LogP contribution >= 0.6 is 0 Å². The van der Waals surface area contributed by atoms with E-state index in [1.54, 1.807) is 6.92 Å². The molecular weight excluding hydrogens is 254 g/mol. The summed E-state index contributed by atoms with van der Waals surface area (Å²) in [6.45, 7) is 13.0. The van der Waals surface area contributed by atoms with Crippen LogP contribution in [0.3, 0.4) is 0 Å². The van der Waals surface area contributed by atoms with Gasteiger partial charge in [0.1, 0.15) is 8.24 Å². The van der Waals surface area contributed by atoms with E-state index in [-0.39, 0.29) is 11.9 Å². The van der Waals surface area contributed by atoms with Crippen LogP contribution in [0.25, 0.3) is 0 Å². The van der Waals surface area contributed by atoms with Crippen molar-refractivity contribution in [2.24, 2.45) is 5.92 Å². The van der Waals surface area contributed by atoms with Crippen LogP contribution in [0, 0.1) is 17.2 Å². The van der Waals surface area contributed by atoms with Crippen molar-refractivity contribution in [3.63, 3.8) is 0 Å². The highest BCUT2D eigenvalue weighted by atomic mass is 28.3. The summed E-state index contributed by atoms with van der Waals surface area (Å²) < 4.78 is 0. The third-order valence-electron chi connectivity index (χ3n) is 3.11. The maximum atomic E-state index is 11.8. The van der Waals surface area contributed by atoms with E-state index in [0.717, 1.165) is 17.7 Å². The standard InChI is InChI=1S/C14H25N3OSi/c1-10(2)7-13-14(16-19(4,5)6)12(8-15)9-17(13)11(3)18/h10,13,16H,7,9H2,1-6H3. The van der Waals surface area contributed by atoms with Gasteiger partial charge in [-0.2, -0.15) is 5.26 Å². The first-order valence-electron chi connectivity index (χ1n) is 6.84. The normalized spacial score (nSPS) is 19.9. The molecule has 0 saturated heterocycles. The first-order chi connectivity index (χ1) is 8.65. The van der Waals surface area contributed by atoms with Crippen LogP contribution < -0.4 is 4.98 Å². The molecule has 0 aliphatic carbocycles. The summed E-state index contributed by atoms with van der Waals surface area (Å²) in [5.74, 6) is 0.536. The number of rotatable bonds is 4. The van der Waals surface area contributed by atoms with Gasteiger partial charge in [0, 0.05) is 12.6 Å². The van der Waals surface area contributed by atoms with Gasteiger partial charge >= 0.3 is 0 Å². The van der Waals surface area contributed by atoms with Crippen molar-refractivity contribution in [2.75, 3.05) is 6.54 Å². The minimum absolute atomic E-state index is 0.0406. The van der Waals surface area contributed by atoms with Gasteiger partial charge in [-0.15, -0.1) is 0 Å². The molecule has 1 N–H and O–H groups in total. The zero-order chi connectivity index (χ0) is 14.8. The molecule has 4 nitrogen and oxygen atoms in total. The van der Waals surface area contributed by atoms with Crippen molar-refractivity contribution in [3.8, 4) is 6.07 Å². The molecule has 0 aromatic heterocycles. The summed E-state index contributed by atoms with van der Waals surface area (Å²) in [5.41, 5.74) is 1.72. The lowest BCUT2D eigenvalue weighted by molar-refractivity contribution is -0.129. The monoisotopic (exact) mass is 279 g/mol. The van der Waals surface area contributed by atoms with Crippen molar-refractivity contribution < 1.29 is 4.79 Å². The smallest absolute Gasteiger partial charge is 0.220 e. The molecule has 0 aromatic carbocycles. The molecule has 0 saturated carbocycles. The van der Waals surface area contributed by atoms with Crippen molar-refractivity contribution in [1.29, 1.82) is 5.26 Å². The Kier molecular flexibility index (Phi) is 4.80. The maximum Gasteiger partial charge on any atom is 0.220 e. The van der Waals surface area contributed by atoms with Gasteiger partial charge in [0.15, 0.2) is 0 Å². The molecule has 1 rings (SSSR count). The molecule has 5 heteroatoms. The summed E-state index contributed by atoms with van der Waals surface area (Å²) in [6, 6.07) is 2.31. The van der Waals surface area contributed by atoms with E-state index in [9.17, 15) is 10.1 Å². The number of nitriles is 1. The van der Waals surface area contributed by atoms with E-state index in [2.05, 4.69) is 44.5 Å². The number of carbonyl (C=O) groups is 1. The lowest BCUT2D eigenvalue weighted by Gasteiger charge is -2.31. The predicted octanol–water partition coefficient (Wildman–Crippen LogP) is 2.47. The summed E-state index contributed by atoms with van der Waals surface area (Å²) in [6.07, 6.45) is 0.900. The Bertz CT molecular complexity index is 429. The molecular formula is C14H25N3OSi. The fourth-order valence-corrected chi connectivity index (χ4v) is 3.53. The fourth-order valence-electron chi connectivity index (χ4n) is 2.40. The van der Waals surface area contributed by atoms with Gasteiger partial charge in [-0.25, -0.2) is 0 Å². The maximum absolute atomic E-state index is 11.8. The Morgan fingerprint density at radius 3 is 2.47 bits per heavy atom. The number of carbonyl (C=O) groups excluding carboxylic acids is 1. The highest BCUT2D eigenvalue weighted by molar-refractivity contribution is 6.74. The number of nitrogens with zero attached hydrogens (tertiary/aromatic N) is 2. The van der Waals surface area contributed by atoms with E-state index in [1.807, 2.05) is 4.90 Å². The SMILES string of the molecule is CC(=O)N1CC(C#N)=C(N[Si](C)(C)C)C1CC(C)C. The van der Waals surface area contributed by atoms with E-state index < -0.39 is 8.24 Å². The third kappa shape index (κ3) is 4.10. The molecule has 0 aromatic rings. The van der Waals surface area contributed by atoms with Crippen LogP contribution in [0.5, 0.6) is 0 Å². The molecule has 106 valence electrons. The Morgan fingerprint density at radius 1 is 1.53 bits per heavy atom. The molecule has 0 spiro atoms. The number of hydrogen-bond donors (Lipinski definition) is 1. The third-order valence-corrected chi connectivity index (χ3v) is 4.13. The van der Waals surface area contributed by atoms with Gasteiger partial charge in [0.2, 0.25) is 5.91 Å². The van der Waals surface area contributed by atoms with Crippen LogP contribution in [0.4, 0.5) is 0 Å². The Balaban J connectivity index is 3.10. The van der Waals surface area contributed by atoms with Crippen LogP contribution in [0.1, 0.15) is 27.2 Å². The lowest BCUT2D eigenvalue weighted by Crippen LogP contribution is -2.46. The Hall–Kier alpha value is -1.28. The zero-order valence-electron chi connectivity index (χ0n) is 12.9. The summed E-state index contributed by atoms with van der Waals surface area (Å²) in [5, 5.41) is 9.31. The van der Waals surface area contributed by atoms with Crippen molar-refractivity contribution in [1.82, 2.24) is 9.88 Å². The highest BCUT2D eigenvalue weighted by Gasteiger charge is 2.36. The predicted molar refractivity (Wildman–Crippen MR) is 79.8 cm³/mol. The van der Waals surface area contributed by atoms with Crippen LogP contribution in [-0.4, -0.2) is 31.6 Å². The van der Waals surface area contributed by atoms with E-state index in [0.29, 0.717) is 12.5 Å². The largest absolute Gasteiger partial charge is 0.412 e. The van der Waals surface area contributed by atoms with Crippen LogP contribution in [0.2, 0.25) is 19.6 Å². The Labute approximate surface area is 117 Å². The summed E-state index contributed by atoms with van der Waals surface area (Å²) in [7, 11) is -1.53. The number of nitrogens with one attached hydrogen (secondary N) is 1. The van der Waals surface area contributed by atoms with Gasteiger partial charge in [0.25, 0.3) is 0 Å². The summed E-state index contributed by atoms with van der Waals surface area (Å²) >= 11 is 0. The van der Waals surface area contributed by atoms with Crippen molar-refractivity contribution in [2.45, 2.75) is 52.9 Å². The number of amides is 1. The Morgan fingerprint density at radius 2 is 2.11 bits per heavy atom. The van der Waals surface area contributed by atoms with Crippen molar-refractivity contribution >= 4 is 14.1 Å². The van der Waals surface area contributed by atoms with Gasteiger partial charge in [-0.05, 0) is 12.3 Å². The lowest BCUT2D eigenvalue weighted by atomic mass is 10.0. The van der Waals surface area contributed by atoms with E-state index >= 15 is 0 Å².